The standard InChI is InChI=1S/C15H16O2S/c1-12-3-9-15(10-4-12)18(16)11-13-5-7-14(17-2)8-6-13/h3-10H,11H2,1-2H3/t18-/m1/s1. The molecule has 0 unspecified atom stereocenters. The van der Waals surface area contributed by atoms with Crippen molar-refractivity contribution in [2.75, 3.05) is 7.11 Å². The lowest BCUT2D eigenvalue weighted by molar-refractivity contribution is 0.414. The molecule has 0 aliphatic carbocycles. The first-order valence-electron chi connectivity index (χ1n) is 5.77. The van der Waals surface area contributed by atoms with Crippen LogP contribution in [0.15, 0.2) is 53.4 Å². The Kier molecular flexibility index (Phi) is 4.15. The molecule has 0 bridgehead atoms. The van der Waals surface area contributed by atoms with Gasteiger partial charge in [0.2, 0.25) is 0 Å². The summed E-state index contributed by atoms with van der Waals surface area (Å²) in [5, 5.41) is 0. The van der Waals surface area contributed by atoms with Gasteiger partial charge in [-0.1, -0.05) is 29.8 Å². The summed E-state index contributed by atoms with van der Waals surface area (Å²) in [5.41, 5.74) is 2.23. The Bertz CT molecular complexity index is 529. The molecule has 3 heteroatoms. The molecule has 0 heterocycles. The fourth-order valence-corrected chi connectivity index (χ4v) is 2.75. The summed E-state index contributed by atoms with van der Waals surface area (Å²) in [4.78, 5) is 0.872. The maximum absolute atomic E-state index is 12.2. The van der Waals surface area contributed by atoms with Crippen molar-refractivity contribution in [3.8, 4) is 5.75 Å². The van der Waals surface area contributed by atoms with Crippen molar-refractivity contribution in [2.45, 2.75) is 17.6 Å². The highest BCUT2D eigenvalue weighted by molar-refractivity contribution is 7.84. The van der Waals surface area contributed by atoms with Crippen LogP contribution in [0, 0.1) is 6.92 Å². The number of hydrogen-bond donors (Lipinski definition) is 0. The number of ether oxygens (including phenoxy) is 1. The second-order valence-corrected chi connectivity index (χ2v) is 5.60. The Hall–Kier alpha value is -1.61. The van der Waals surface area contributed by atoms with Gasteiger partial charge in [-0.05, 0) is 36.8 Å². The fraction of sp³-hybridized carbons (Fsp3) is 0.200. The van der Waals surface area contributed by atoms with E-state index < -0.39 is 10.8 Å². The zero-order valence-corrected chi connectivity index (χ0v) is 11.4. The monoisotopic (exact) mass is 260 g/mol. The summed E-state index contributed by atoms with van der Waals surface area (Å²) >= 11 is 0. The Morgan fingerprint density at radius 1 is 1.00 bits per heavy atom. The van der Waals surface area contributed by atoms with E-state index in [9.17, 15) is 4.21 Å². The Labute approximate surface area is 110 Å². The minimum atomic E-state index is -0.992. The Morgan fingerprint density at radius 3 is 2.17 bits per heavy atom. The molecule has 2 aromatic carbocycles. The molecule has 0 aromatic heterocycles. The molecule has 0 saturated heterocycles. The van der Waals surface area contributed by atoms with Crippen molar-refractivity contribution < 1.29 is 8.95 Å². The second kappa shape index (κ2) is 5.83. The summed E-state index contributed by atoms with van der Waals surface area (Å²) in [5.74, 6) is 1.35. The number of methoxy groups -OCH3 is 1. The molecule has 2 aromatic rings. The SMILES string of the molecule is COc1ccc(C[S@@](=O)c2ccc(C)cc2)cc1. The molecule has 0 N–H and O–H groups in total. The average Bonchev–Trinajstić information content (AvgIpc) is 2.40. The first-order chi connectivity index (χ1) is 8.69. The Balaban J connectivity index is 2.08. The molecule has 0 fully saturated rings. The van der Waals surface area contributed by atoms with E-state index in [0.29, 0.717) is 5.75 Å². The summed E-state index contributed by atoms with van der Waals surface area (Å²) < 4.78 is 17.3. The van der Waals surface area contributed by atoms with Gasteiger partial charge in [-0.3, -0.25) is 4.21 Å². The van der Waals surface area contributed by atoms with E-state index in [2.05, 4.69) is 0 Å². The van der Waals surface area contributed by atoms with Crippen LogP contribution in [-0.2, 0) is 16.6 Å². The number of benzene rings is 2. The van der Waals surface area contributed by atoms with E-state index in [4.69, 9.17) is 4.74 Å². The Morgan fingerprint density at radius 2 is 1.61 bits per heavy atom. The van der Waals surface area contributed by atoms with Crippen molar-refractivity contribution in [2.24, 2.45) is 0 Å². The largest absolute Gasteiger partial charge is 0.497 e. The van der Waals surface area contributed by atoms with Gasteiger partial charge in [0, 0.05) is 4.90 Å². The van der Waals surface area contributed by atoms with Crippen LogP contribution >= 0.6 is 0 Å². The van der Waals surface area contributed by atoms with Crippen LogP contribution in [0.5, 0.6) is 5.75 Å². The highest BCUT2D eigenvalue weighted by Crippen LogP contribution is 2.16. The van der Waals surface area contributed by atoms with Crippen LogP contribution in [0.4, 0.5) is 0 Å². The van der Waals surface area contributed by atoms with Gasteiger partial charge in [0.05, 0.1) is 23.7 Å². The van der Waals surface area contributed by atoms with E-state index in [1.54, 1.807) is 7.11 Å². The van der Waals surface area contributed by atoms with E-state index in [1.165, 1.54) is 5.56 Å². The molecule has 94 valence electrons. The normalized spacial score (nSPS) is 12.1. The predicted octanol–water partition coefficient (Wildman–Crippen LogP) is 3.31. The number of hydrogen-bond acceptors (Lipinski definition) is 2. The third kappa shape index (κ3) is 3.20. The topological polar surface area (TPSA) is 26.3 Å². The number of aryl methyl sites for hydroxylation is 1. The van der Waals surface area contributed by atoms with Crippen molar-refractivity contribution in [1.29, 1.82) is 0 Å². The molecule has 0 aliphatic rings. The van der Waals surface area contributed by atoms with Crippen LogP contribution in [0.3, 0.4) is 0 Å². The van der Waals surface area contributed by atoms with Crippen molar-refractivity contribution in [1.82, 2.24) is 0 Å². The first kappa shape index (κ1) is 12.8. The molecule has 0 aliphatic heterocycles. The molecule has 0 spiro atoms. The maximum atomic E-state index is 12.2. The van der Waals surface area contributed by atoms with E-state index in [1.807, 2.05) is 55.5 Å². The molecule has 0 amide bonds. The highest BCUT2D eigenvalue weighted by Gasteiger charge is 2.05. The zero-order chi connectivity index (χ0) is 13.0. The summed E-state index contributed by atoms with van der Waals surface area (Å²) in [6.07, 6.45) is 0. The molecular formula is C15H16O2S. The van der Waals surface area contributed by atoms with Gasteiger partial charge >= 0.3 is 0 Å². The fourth-order valence-electron chi connectivity index (χ4n) is 1.65. The van der Waals surface area contributed by atoms with Gasteiger partial charge in [0.1, 0.15) is 5.75 Å². The van der Waals surface area contributed by atoms with Crippen molar-refractivity contribution in [3.63, 3.8) is 0 Å². The van der Waals surface area contributed by atoms with Crippen LogP contribution in [-0.4, -0.2) is 11.3 Å². The van der Waals surface area contributed by atoms with Gasteiger partial charge in [0.25, 0.3) is 0 Å². The van der Waals surface area contributed by atoms with E-state index in [-0.39, 0.29) is 0 Å². The maximum Gasteiger partial charge on any atom is 0.118 e. The van der Waals surface area contributed by atoms with Gasteiger partial charge in [-0.2, -0.15) is 0 Å². The highest BCUT2D eigenvalue weighted by atomic mass is 32.2. The van der Waals surface area contributed by atoms with Crippen LogP contribution in [0.25, 0.3) is 0 Å². The summed E-state index contributed by atoms with van der Waals surface area (Å²) in [6.45, 7) is 2.02. The third-order valence-corrected chi connectivity index (χ3v) is 4.13. The van der Waals surface area contributed by atoms with E-state index in [0.717, 1.165) is 16.2 Å². The van der Waals surface area contributed by atoms with Gasteiger partial charge in [0.15, 0.2) is 0 Å². The van der Waals surface area contributed by atoms with Crippen LogP contribution in [0.1, 0.15) is 11.1 Å². The van der Waals surface area contributed by atoms with Crippen molar-refractivity contribution in [3.05, 3.63) is 59.7 Å². The zero-order valence-electron chi connectivity index (χ0n) is 10.6. The molecule has 2 nitrogen and oxygen atoms in total. The smallest absolute Gasteiger partial charge is 0.118 e. The quantitative estimate of drug-likeness (QED) is 0.843. The molecule has 1 atom stereocenters. The van der Waals surface area contributed by atoms with E-state index >= 15 is 0 Å². The predicted molar refractivity (Wildman–Crippen MR) is 74.3 cm³/mol. The average molecular weight is 260 g/mol. The van der Waals surface area contributed by atoms with Gasteiger partial charge in [-0.15, -0.1) is 0 Å². The van der Waals surface area contributed by atoms with Crippen LogP contribution < -0.4 is 4.74 Å². The lowest BCUT2D eigenvalue weighted by atomic mass is 10.2. The molecule has 2 rings (SSSR count). The van der Waals surface area contributed by atoms with Gasteiger partial charge in [-0.25, -0.2) is 0 Å². The van der Waals surface area contributed by atoms with Crippen molar-refractivity contribution >= 4 is 10.8 Å². The molecule has 18 heavy (non-hydrogen) atoms. The molecule has 0 saturated carbocycles. The second-order valence-electron chi connectivity index (χ2n) is 4.15. The summed E-state index contributed by atoms with van der Waals surface area (Å²) in [7, 11) is 0.646. The molecule has 0 radical (unpaired) electrons. The lowest BCUT2D eigenvalue weighted by Gasteiger charge is -2.04. The minimum absolute atomic E-state index is 0.535. The number of rotatable bonds is 4. The van der Waals surface area contributed by atoms with Gasteiger partial charge < -0.3 is 4.74 Å². The summed E-state index contributed by atoms with van der Waals surface area (Å²) in [6, 6.07) is 15.5. The molecular weight excluding hydrogens is 244 g/mol. The minimum Gasteiger partial charge on any atom is -0.497 e. The first-order valence-corrected chi connectivity index (χ1v) is 7.09. The third-order valence-electron chi connectivity index (χ3n) is 2.74. The van der Waals surface area contributed by atoms with Crippen LogP contribution in [0.2, 0.25) is 0 Å². The lowest BCUT2D eigenvalue weighted by Crippen LogP contribution is -1.96.